The fourth-order valence-corrected chi connectivity index (χ4v) is 1.58. The molecule has 0 saturated carbocycles. The van der Waals surface area contributed by atoms with Gasteiger partial charge in [0, 0.05) is 12.5 Å². The van der Waals surface area contributed by atoms with E-state index in [1.807, 2.05) is 0 Å². The molecule has 4 nitrogen and oxygen atoms in total. The largest absolute Gasteiger partial charge is 0.324 e. The number of carbonyl (C=O) groups is 1. The molecule has 0 spiro atoms. The lowest BCUT2D eigenvalue weighted by Gasteiger charge is -1.86. The Hall–Kier alpha value is -1.23. The first-order chi connectivity index (χ1) is 5.65. The van der Waals surface area contributed by atoms with Gasteiger partial charge >= 0.3 is 5.00 Å². The van der Waals surface area contributed by atoms with Crippen molar-refractivity contribution in [3.05, 3.63) is 27.1 Å². The van der Waals surface area contributed by atoms with Crippen LogP contribution in [0.1, 0.15) is 23.0 Å². The third-order valence-electron chi connectivity index (χ3n) is 1.37. The number of hydrogen-bond donors (Lipinski definition) is 0. The van der Waals surface area contributed by atoms with E-state index < -0.39 is 4.92 Å². The first kappa shape index (κ1) is 8.86. The molecular formula is C7H7NO3S. The number of ketones is 1. The number of rotatable bonds is 3. The minimum Gasteiger partial charge on any atom is -0.293 e. The van der Waals surface area contributed by atoms with Crippen LogP contribution in [0.25, 0.3) is 0 Å². The zero-order valence-corrected chi connectivity index (χ0v) is 7.26. The van der Waals surface area contributed by atoms with Crippen LogP contribution in [0.2, 0.25) is 0 Å². The van der Waals surface area contributed by atoms with E-state index >= 15 is 0 Å². The minimum absolute atomic E-state index is 0.0202. The first-order valence-corrected chi connectivity index (χ1v) is 4.24. The minimum atomic E-state index is -0.489. The van der Waals surface area contributed by atoms with Gasteiger partial charge in [0.1, 0.15) is 0 Å². The summed E-state index contributed by atoms with van der Waals surface area (Å²) in [5, 5.41) is 10.3. The smallest absolute Gasteiger partial charge is 0.293 e. The van der Waals surface area contributed by atoms with Crippen LogP contribution in [0.15, 0.2) is 12.1 Å². The molecule has 0 radical (unpaired) electrons. The highest BCUT2D eigenvalue weighted by Crippen LogP contribution is 2.24. The summed E-state index contributed by atoms with van der Waals surface area (Å²) >= 11 is 0.925. The van der Waals surface area contributed by atoms with Crippen molar-refractivity contribution in [3.8, 4) is 0 Å². The predicted molar refractivity (Wildman–Crippen MR) is 45.6 cm³/mol. The van der Waals surface area contributed by atoms with E-state index in [1.54, 1.807) is 6.92 Å². The highest BCUT2D eigenvalue weighted by molar-refractivity contribution is 7.17. The molecule has 12 heavy (non-hydrogen) atoms. The van der Waals surface area contributed by atoms with Crippen molar-refractivity contribution in [2.75, 3.05) is 0 Å². The first-order valence-electron chi connectivity index (χ1n) is 3.42. The van der Waals surface area contributed by atoms with E-state index in [1.165, 1.54) is 12.1 Å². The summed E-state index contributed by atoms with van der Waals surface area (Å²) in [7, 11) is 0. The van der Waals surface area contributed by atoms with E-state index in [0.29, 0.717) is 11.3 Å². The standard InChI is InChI=1S/C7H7NO3S/c1-2-5(9)6-3-4-7(12-6)8(10)11/h3-4H,2H2,1H3. The molecule has 0 unspecified atom stereocenters. The summed E-state index contributed by atoms with van der Waals surface area (Å²) in [6.45, 7) is 1.73. The van der Waals surface area contributed by atoms with Gasteiger partial charge in [-0.25, -0.2) is 0 Å². The monoisotopic (exact) mass is 185 g/mol. The van der Waals surface area contributed by atoms with Crippen LogP contribution in [-0.4, -0.2) is 10.7 Å². The number of hydrogen-bond acceptors (Lipinski definition) is 4. The van der Waals surface area contributed by atoms with Crippen LogP contribution in [0, 0.1) is 10.1 Å². The second-order valence-electron chi connectivity index (χ2n) is 2.17. The van der Waals surface area contributed by atoms with Crippen LogP contribution in [0.5, 0.6) is 0 Å². The maximum absolute atomic E-state index is 11.0. The molecule has 0 saturated heterocycles. The number of carbonyl (C=O) groups excluding carboxylic acids is 1. The molecule has 1 aromatic rings. The average Bonchev–Trinajstić information content (AvgIpc) is 2.51. The molecule has 0 N–H and O–H groups in total. The fraction of sp³-hybridized carbons (Fsp3) is 0.286. The molecule has 1 rings (SSSR count). The Morgan fingerprint density at radius 2 is 2.33 bits per heavy atom. The number of Topliss-reactive ketones (excluding diaryl/α,β-unsaturated/α-hetero) is 1. The quantitative estimate of drug-likeness (QED) is 0.412. The Kier molecular flexibility index (Phi) is 2.54. The zero-order chi connectivity index (χ0) is 9.14. The number of nitro groups is 1. The third kappa shape index (κ3) is 1.68. The third-order valence-corrected chi connectivity index (χ3v) is 2.45. The topological polar surface area (TPSA) is 60.2 Å². The second kappa shape index (κ2) is 3.44. The molecule has 0 amide bonds. The Labute approximate surface area is 73.0 Å². The van der Waals surface area contributed by atoms with Gasteiger partial charge in [0.25, 0.3) is 0 Å². The van der Waals surface area contributed by atoms with E-state index in [4.69, 9.17) is 0 Å². The predicted octanol–water partition coefficient (Wildman–Crippen LogP) is 2.25. The van der Waals surface area contributed by atoms with Gasteiger partial charge in [0.15, 0.2) is 5.78 Å². The Morgan fingerprint density at radius 1 is 1.67 bits per heavy atom. The molecule has 0 bridgehead atoms. The van der Waals surface area contributed by atoms with Crippen molar-refractivity contribution in [1.82, 2.24) is 0 Å². The summed E-state index contributed by atoms with van der Waals surface area (Å²) in [4.78, 5) is 21.2. The molecule has 0 aliphatic heterocycles. The molecule has 0 aliphatic carbocycles. The van der Waals surface area contributed by atoms with Gasteiger partial charge in [0.05, 0.1) is 9.80 Å². The molecular weight excluding hydrogens is 178 g/mol. The zero-order valence-electron chi connectivity index (χ0n) is 6.44. The van der Waals surface area contributed by atoms with Crippen molar-refractivity contribution >= 4 is 22.1 Å². The van der Waals surface area contributed by atoms with E-state index in [2.05, 4.69) is 0 Å². The Balaban J connectivity index is 2.91. The molecule has 0 fully saturated rings. The molecule has 1 heterocycles. The van der Waals surface area contributed by atoms with Gasteiger partial charge < -0.3 is 0 Å². The maximum atomic E-state index is 11.0. The van der Waals surface area contributed by atoms with Gasteiger partial charge in [-0.05, 0) is 6.07 Å². The highest BCUT2D eigenvalue weighted by atomic mass is 32.1. The summed E-state index contributed by atoms with van der Waals surface area (Å²) in [6.07, 6.45) is 0.387. The van der Waals surface area contributed by atoms with E-state index in [0.717, 1.165) is 11.3 Å². The van der Waals surface area contributed by atoms with Crippen molar-refractivity contribution < 1.29 is 9.72 Å². The van der Waals surface area contributed by atoms with Crippen LogP contribution in [0.3, 0.4) is 0 Å². The van der Waals surface area contributed by atoms with E-state index in [-0.39, 0.29) is 10.8 Å². The molecule has 5 heteroatoms. The Bertz CT molecular complexity index is 318. The van der Waals surface area contributed by atoms with Gasteiger partial charge in [-0.15, -0.1) is 0 Å². The lowest BCUT2D eigenvalue weighted by Crippen LogP contribution is -1.90. The summed E-state index contributed by atoms with van der Waals surface area (Å²) in [5.74, 6) is -0.0481. The van der Waals surface area contributed by atoms with Crippen molar-refractivity contribution in [2.45, 2.75) is 13.3 Å². The molecule has 64 valence electrons. The van der Waals surface area contributed by atoms with Crippen molar-refractivity contribution in [2.24, 2.45) is 0 Å². The summed E-state index contributed by atoms with van der Waals surface area (Å²) < 4.78 is 0. The molecule has 0 aliphatic rings. The number of thiophene rings is 1. The van der Waals surface area contributed by atoms with Crippen molar-refractivity contribution in [1.29, 1.82) is 0 Å². The lowest BCUT2D eigenvalue weighted by atomic mass is 10.3. The summed E-state index contributed by atoms with van der Waals surface area (Å²) in [5.41, 5.74) is 0. The second-order valence-corrected chi connectivity index (χ2v) is 3.23. The van der Waals surface area contributed by atoms with Gasteiger partial charge in [-0.3, -0.25) is 14.9 Å². The fourth-order valence-electron chi connectivity index (χ4n) is 0.750. The highest BCUT2D eigenvalue weighted by Gasteiger charge is 2.13. The van der Waals surface area contributed by atoms with E-state index in [9.17, 15) is 14.9 Å². The number of nitrogens with zero attached hydrogens (tertiary/aromatic N) is 1. The van der Waals surface area contributed by atoms with Gasteiger partial charge in [-0.2, -0.15) is 0 Å². The maximum Gasteiger partial charge on any atom is 0.324 e. The van der Waals surface area contributed by atoms with Gasteiger partial charge in [-0.1, -0.05) is 18.3 Å². The molecule has 1 aromatic heterocycles. The normalized spacial score (nSPS) is 9.75. The van der Waals surface area contributed by atoms with Crippen molar-refractivity contribution in [3.63, 3.8) is 0 Å². The lowest BCUT2D eigenvalue weighted by molar-refractivity contribution is -0.380. The summed E-state index contributed by atoms with van der Waals surface area (Å²) in [6, 6.07) is 2.85. The van der Waals surface area contributed by atoms with Crippen LogP contribution >= 0.6 is 11.3 Å². The van der Waals surface area contributed by atoms with Crippen LogP contribution in [0.4, 0.5) is 5.00 Å². The molecule has 0 aromatic carbocycles. The van der Waals surface area contributed by atoms with Gasteiger partial charge in [0.2, 0.25) is 0 Å². The Morgan fingerprint density at radius 3 is 2.75 bits per heavy atom. The average molecular weight is 185 g/mol. The van der Waals surface area contributed by atoms with Crippen LogP contribution in [-0.2, 0) is 0 Å². The molecule has 0 atom stereocenters. The van der Waals surface area contributed by atoms with Crippen LogP contribution < -0.4 is 0 Å². The SMILES string of the molecule is CCC(=O)c1ccc([N+](=O)[O-])s1.